The molecule has 1 aromatic rings. The fourth-order valence-electron chi connectivity index (χ4n) is 3.40. The molecule has 6 nitrogen and oxygen atoms in total. The fraction of sp³-hybridized carbons (Fsp3) is 0.556. The molecule has 2 amide bonds. The summed E-state index contributed by atoms with van der Waals surface area (Å²) in [7, 11) is 1.59. The number of benzene rings is 1. The first kappa shape index (κ1) is 16.9. The molecule has 2 aliphatic rings. The summed E-state index contributed by atoms with van der Waals surface area (Å²) in [5.41, 5.74) is 0.724. The largest absolute Gasteiger partial charge is 0.370 e. The second-order valence-electron chi connectivity index (χ2n) is 6.53. The van der Waals surface area contributed by atoms with E-state index in [1.54, 1.807) is 7.05 Å². The number of ether oxygens (including phenoxy) is 2. The Kier molecular flexibility index (Phi) is 5.16. The molecular formula is C18H24N2O4. The van der Waals surface area contributed by atoms with Crippen molar-refractivity contribution in [2.24, 2.45) is 0 Å². The van der Waals surface area contributed by atoms with Crippen LogP contribution in [0.1, 0.15) is 18.4 Å². The predicted molar refractivity (Wildman–Crippen MR) is 88.4 cm³/mol. The van der Waals surface area contributed by atoms with Crippen LogP contribution in [0.25, 0.3) is 0 Å². The highest BCUT2D eigenvalue weighted by Gasteiger charge is 2.47. The minimum absolute atomic E-state index is 0.0528. The van der Waals surface area contributed by atoms with E-state index in [9.17, 15) is 9.59 Å². The first-order chi connectivity index (χ1) is 11.6. The van der Waals surface area contributed by atoms with Crippen LogP contribution in [-0.4, -0.2) is 61.8 Å². The van der Waals surface area contributed by atoms with Gasteiger partial charge in [0.05, 0.1) is 24.7 Å². The van der Waals surface area contributed by atoms with Crippen molar-refractivity contribution in [1.29, 1.82) is 0 Å². The summed E-state index contributed by atoms with van der Waals surface area (Å²) in [6.07, 6.45) is 1.91. The molecule has 1 N–H and O–H groups in total. The van der Waals surface area contributed by atoms with Gasteiger partial charge in [-0.1, -0.05) is 30.3 Å². The zero-order valence-electron chi connectivity index (χ0n) is 14.0. The molecule has 2 heterocycles. The SMILES string of the molecule is CNC(=O)CO[C@H]1CO[C@@]2(CCN(C(=O)Cc3ccccc3)C2)C1. The van der Waals surface area contributed by atoms with Gasteiger partial charge in [-0.05, 0) is 12.0 Å². The number of nitrogens with zero attached hydrogens (tertiary/aromatic N) is 1. The first-order valence-corrected chi connectivity index (χ1v) is 8.38. The van der Waals surface area contributed by atoms with E-state index in [0.717, 1.165) is 18.4 Å². The normalized spacial score (nSPS) is 26.0. The van der Waals surface area contributed by atoms with Crippen LogP contribution in [0, 0.1) is 0 Å². The second kappa shape index (κ2) is 7.32. The van der Waals surface area contributed by atoms with Gasteiger partial charge in [-0.25, -0.2) is 0 Å². The Hall–Kier alpha value is -1.92. The van der Waals surface area contributed by atoms with Gasteiger partial charge in [-0.2, -0.15) is 0 Å². The van der Waals surface area contributed by atoms with E-state index in [2.05, 4.69) is 5.32 Å². The molecule has 130 valence electrons. The van der Waals surface area contributed by atoms with Gasteiger partial charge in [0.15, 0.2) is 0 Å². The average molecular weight is 332 g/mol. The van der Waals surface area contributed by atoms with Crippen molar-refractivity contribution < 1.29 is 19.1 Å². The zero-order valence-corrected chi connectivity index (χ0v) is 14.0. The second-order valence-corrected chi connectivity index (χ2v) is 6.53. The van der Waals surface area contributed by atoms with Crippen molar-refractivity contribution in [3.8, 4) is 0 Å². The highest BCUT2D eigenvalue weighted by atomic mass is 16.6. The Bertz CT molecular complexity index is 592. The third kappa shape index (κ3) is 3.94. The maximum Gasteiger partial charge on any atom is 0.245 e. The minimum Gasteiger partial charge on any atom is -0.370 e. The highest BCUT2D eigenvalue weighted by Crippen LogP contribution is 2.36. The first-order valence-electron chi connectivity index (χ1n) is 8.38. The monoisotopic (exact) mass is 332 g/mol. The topological polar surface area (TPSA) is 67.9 Å². The van der Waals surface area contributed by atoms with Crippen LogP contribution in [0.2, 0.25) is 0 Å². The number of hydrogen-bond acceptors (Lipinski definition) is 4. The van der Waals surface area contributed by atoms with Crippen LogP contribution < -0.4 is 5.32 Å². The van der Waals surface area contributed by atoms with E-state index >= 15 is 0 Å². The molecule has 1 aromatic carbocycles. The number of amides is 2. The van der Waals surface area contributed by atoms with E-state index in [1.807, 2.05) is 35.2 Å². The molecule has 3 rings (SSSR count). The van der Waals surface area contributed by atoms with Gasteiger partial charge < -0.3 is 19.7 Å². The summed E-state index contributed by atoms with van der Waals surface area (Å²) in [5.74, 6) is -0.00144. The molecule has 0 saturated carbocycles. The lowest BCUT2D eigenvalue weighted by molar-refractivity contribution is -0.130. The number of carbonyl (C=O) groups excluding carboxylic acids is 2. The third-order valence-corrected chi connectivity index (χ3v) is 4.77. The Morgan fingerprint density at radius 2 is 2.17 bits per heavy atom. The molecule has 0 bridgehead atoms. The molecule has 24 heavy (non-hydrogen) atoms. The van der Waals surface area contributed by atoms with Gasteiger partial charge in [0.25, 0.3) is 0 Å². The molecule has 0 unspecified atom stereocenters. The quantitative estimate of drug-likeness (QED) is 0.864. The van der Waals surface area contributed by atoms with Gasteiger partial charge in [0.1, 0.15) is 6.61 Å². The van der Waals surface area contributed by atoms with Crippen molar-refractivity contribution >= 4 is 11.8 Å². The number of likely N-dealkylation sites (tertiary alicyclic amines) is 1. The van der Waals surface area contributed by atoms with Gasteiger partial charge >= 0.3 is 0 Å². The molecule has 0 aromatic heterocycles. The molecule has 2 atom stereocenters. The van der Waals surface area contributed by atoms with Crippen LogP contribution in [0.4, 0.5) is 0 Å². The Morgan fingerprint density at radius 3 is 2.92 bits per heavy atom. The summed E-state index contributed by atoms with van der Waals surface area (Å²) < 4.78 is 11.6. The van der Waals surface area contributed by atoms with Crippen LogP contribution >= 0.6 is 0 Å². The summed E-state index contributed by atoms with van der Waals surface area (Å²) in [4.78, 5) is 25.6. The average Bonchev–Trinajstić information content (AvgIpc) is 3.21. The lowest BCUT2D eigenvalue weighted by Crippen LogP contribution is -2.36. The van der Waals surface area contributed by atoms with Crippen molar-refractivity contribution in [1.82, 2.24) is 10.2 Å². The van der Waals surface area contributed by atoms with E-state index in [4.69, 9.17) is 9.47 Å². The van der Waals surface area contributed by atoms with E-state index in [1.165, 1.54) is 0 Å². The maximum atomic E-state index is 12.5. The van der Waals surface area contributed by atoms with Gasteiger partial charge in [-0.15, -0.1) is 0 Å². The molecule has 2 saturated heterocycles. The number of carbonyl (C=O) groups is 2. The molecule has 0 radical (unpaired) electrons. The predicted octanol–water partition coefficient (Wildman–Crippen LogP) is 0.752. The molecular weight excluding hydrogens is 308 g/mol. The van der Waals surface area contributed by atoms with Crippen LogP contribution in [0.15, 0.2) is 30.3 Å². The lowest BCUT2D eigenvalue weighted by atomic mass is 9.98. The van der Waals surface area contributed by atoms with Crippen LogP contribution in [0.3, 0.4) is 0 Å². The fourth-order valence-corrected chi connectivity index (χ4v) is 3.40. The number of hydrogen-bond donors (Lipinski definition) is 1. The maximum absolute atomic E-state index is 12.5. The van der Waals surface area contributed by atoms with Crippen molar-refractivity contribution in [3.63, 3.8) is 0 Å². The molecule has 2 aliphatic heterocycles. The van der Waals surface area contributed by atoms with Crippen molar-refractivity contribution in [3.05, 3.63) is 35.9 Å². The van der Waals surface area contributed by atoms with Crippen LogP contribution in [-0.2, 0) is 25.5 Å². The van der Waals surface area contributed by atoms with Crippen molar-refractivity contribution in [2.75, 3.05) is 33.4 Å². The van der Waals surface area contributed by atoms with Crippen LogP contribution in [0.5, 0.6) is 0 Å². The molecule has 2 fully saturated rings. The Morgan fingerprint density at radius 1 is 1.38 bits per heavy atom. The van der Waals surface area contributed by atoms with Gasteiger partial charge in [0.2, 0.25) is 11.8 Å². The van der Waals surface area contributed by atoms with E-state index in [-0.39, 0.29) is 30.1 Å². The Labute approximate surface area is 142 Å². The number of nitrogens with one attached hydrogen (secondary N) is 1. The Balaban J connectivity index is 1.50. The standard InChI is InChI=1S/C18H24N2O4/c1-19-16(21)12-23-15-10-18(24-11-15)7-8-20(13-18)17(22)9-14-5-3-2-4-6-14/h2-6,15H,7-13H2,1H3,(H,19,21)/t15-,18+/m1/s1. The number of rotatable bonds is 5. The molecule has 0 aliphatic carbocycles. The lowest BCUT2D eigenvalue weighted by Gasteiger charge is -2.23. The minimum atomic E-state index is -0.306. The summed E-state index contributed by atoms with van der Waals surface area (Å²) in [5, 5.41) is 2.54. The van der Waals surface area contributed by atoms with E-state index in [0.29, 0.717) is 26.1 Å². The van der Waals surface area contributed by atoms with Gasteiger partial charge in [0, 0.05) is 26.6 Å². The molecule has 6 heteroatoms. The zero-order chi connectivity index (χ0) is 17.0. The van der Waals surface area contributed by atoms with Gasteiger partial charge in [-0.3, -0.25) is 9.59 Å². The summed E-state index contributed by atoms with van der Waals surface area (Å²) >= 11 is 0. The molecule has 1 spiro atoms. The highest BCUT2D eigenvalue weighted by molar-refractivity contribution is 5.79. The summed E-state index contributed by atoms with van der Waals surface area (Å²) in [6.45, 7) is 1.86. The van der Waals surface area contributed by atoms with E-state index < -0.39 is 0 Å². The summed E-state index contributed by atoms with van der Waals surface area (Å²) in [6, 6.07) is 9.78. The van der Waals surface area contributed by atoms with Crippen molar-refractivity contribution in [2.45, 2.75) is 31.0 Å². The smallest absolute Gasteiger partial charge is 0.245 e. The third-order valence-electron chi connectivity index (χ3n) is 4.77. The number of likely N-dealkylation sites (N-methyl/N-ethyl adjacent to an activating group) is 1.